The van der Waals surface area contributed by atoms with Crippen LogP contribution in [0.25, 0.3) is 0 Å². The Morgan fingerprint density at radius 3 is 2.33 bits per heavy atom. The van der Waals surface area contributed by atoms with Crippen LogP contribution in [0.4, 0.5) is 0 Å². The van der Waals surface area contributed by atoms with Crippen LogP contribution in [0.1, 0.15) is 26.2 Å². The van der Waals surface area contributed by atoms with Gasteiger partial charge in [0.25, 0.3) is 10.2 Å². The van der Waals surface area contributed by atoms with Crippen molar-refractivity contribution in [1.82, 2.24) is 14.3 Å². The van der Waals surface area contributed by atoms with E-state index in [9.17, 15) is 8.42 Å². The molecule has 2 rings (SSSR count). The molecule has 0 aromatic heterocycles. The summed E-state index contributed by atoms with van der Waals surface area (Å²) in [6.07, 6.45) is 3.04. The zero-order valence-corrected chi connectivity index (χ0v) is 9.94. The predicted molar refractivity (Wildman–Crippen MR) is 58.8 cm³/mol. The van der Waals surface area contributed by atoms with Crippen LogP contribution in [-0.2, 0) is 10.2 Å². The first-order valence-electron chi connectivity index (χ1n) is 5.52. The molecule has 0 aromatic rings. The Kier molecular flexibility index (Phi) is 3.03. The first kappa shape index (κ1) is 11.3. The van der Waals surface area contributed by atoms with Gasteiger partial charge >= 0.3 is 0 Å². The smallest absolute Gasteiger partial charge is 0.280 e. The standard InChI is InChI=1S/C9H19N3O2S/c1-9(3-2-4-9)11-15(13,14)12-7-5-10-6-8-12/h10-11H,2-8H2,1H3. The van der Waals surface area contributed by atoms with Crippen LogP contribution in [0.2, 0.25) is 0 Å². The largest absolute Gasteiger partial charge is 0.314 e. The minimum absolute atomic E-state index is 0.191. The molecule has 15 heavy (non-hydrogen) atoms. The highest BCUT2D eigenvalue weighted by Gasteiger charge is 2.37. The molecule has 0 radical (unpaired) electrons. The highest BCUT2D eigenvalue weighted by atomic mass is 32.2. The van der Waals surface area contributed by atoms with Crippen molar-refractivity contribution in [2.75, 3.05) is 26.2 Å². The molecule has 2 aliphatic rings. The summed E-state index contributed by atoms with van der Waals surface area (Å²) < 4.78 is 28.3. The van der Waals surface area contributed by atoms with Crippen LogP contribution in [0.15, 0.2) is 0 Å². The normalized spacial score (nSPS) is 27.3. The van der Waals surface area contributed by atoms with E-state index in [1.165, 1.54) is 4.31 Å². The van der Waals surface area contributed by atoms with Gasteiger partial charge in [-0.1, -0.05) is 0 Å². The predicted octanol–water partition coefficient (Wildman–Crippen LogP) is -0.331. The van der Waals surface area contributed by atoms with E-state index in [0.29, 0.717) is 13.1 Å². The van der Waals surface area contributed by atoms with E-state index in [4.69, 9.17) is 0 Å². The van der Waals surface area contributed by atoms with Gasteiger partial charge in [-0.2, -0.15) is 17.4 Å². The Morgan fingerprint density at radius 1 is 1.27 bits per heavy atom. The molecule has 0 unspecified atom stereocenters. The fraction of sp³-hybridized carbons (Fsp3) is 1.00. The zero-order chi connectivity index (χ0) is 10.9. The molecule has 2 N–H and O–H groups in total. The summed E-state index contributed by atoms with van der Waals surface area (Å²) in [6, 6.07) is 0. The minimum atomic E-state index is -3.26. The molecule has 0 atom stereocenters. The summed E-state index contributed by atoms with van der Waals surface area (Å²) in [5.74, 6) is 0. The van der Waals surface area contributed by atoms with Crippen LogP contribution in [0.3, 0.4) is 0 Å². The van der Waals surface area contributed by atoms with Gasteiger partial charge in [0.1, 0.15) is 0 Å². The van der Waals surface area contributed by atoms with Gasteiger partial charge in [-0.3, -0.25) is 0 Å². The van der Waals surface area contributed by atoms with Gasteiger partial charge in [0, 0.05) is 31.7 Å². The second-order valence-corrected chi connectivity index (χ2v) is 6.34. The van der Waals surface area contributed by atoms with E-state index in [1.54, 1.807) is 0 Å². The lowest BCUT2D eigenvalue weighted by Gasteiger charge is -2.40. The number of rotatable bonds is 3. The molecule has 0 aromatic carbocycles. The van der Waals surface area contributed by atoms with Gasteiger partial charge in [0.2, 0.25) is 0 Å². The number of hydrogen-bond acceptors (Lipinski definition) is 3. The van der Waals surface area contributed by atoms with E-state index in [2.05, 4.69) is 10.0 Å². The Morgan fingerprint density at radius 2 is 1.87 bits per heavy atom. The zero-order valence-electron chi connectivity index (χ0n) is 9.12. The lowest BCUT2D eigenvalue weighted by Crippen LogP contribution is -2.58. The lowest BCUT2D eigenvalue weighted by molar-refractivity contribution is 0.238. The van der Waals surface area contributed by atoms with Crippen LogP contribution >= 0.6 is 0 Å². The molecule has 1 saturated carbocycles. The molecule has 0 amide bonds. The van der Waals surface area contributed by atoms with Crippen molar-refractivity contribution in [1.29, 1.82) is 0 Å². The number of hydrogen-bond donors (Lipinski definition) is 2. The van der Waals surface area contributed by atoms with Crippen LogP contribution in [0.5, 0.6) is 0 Å². The van der Waals surface area contributed by atoms with Crippen molar-refractivity contribution < 1.29 is 8.42 Å². The van der Waals surface area contributed by atoms with E-state index < -0.39 is 10.2 Å². The molecule has 0 spiro atoms. The Labute approximate surface area is 91.4 Å². The summed E-state index contributed by atoms with van der Waals surface area (Å²) in [5.41, 5.74) is -0.191. The van der Waals surface area contributed by atoms with E-state index >= 15 is 0 Å². The van der Waals surface area contributed by atoms with Crippen molar-refractivity contribution in [2.24, 2.45) is 0 Å². The Bertz CT molecular complexity index is 318. The molecule has 1 heterocycles. The van der Waals surface area contributed by atoms with E-state index in [-0.39, 0.29) is 5.54 Å². The third-order valence-electron chi connectivity index (χ3n) is 3.25. The highest BCUT2D eigenvalue weighted by Crippen LogP contribution is 2.31. The maximum atomic E-state index is 12.0. The molecule has 5 nitrogen and oxygen atoms in total. The maximum Gasteiger partial charge on any atom is 0.280 e. The number of piperazine rings is 1. The van der Waals surface area contributed by atoms with Crippen molar-refractivity contribution >= 4 is 10.2 Å². The molecule has 2 fully saturated rings. The molecule has 0 bridgehead atoms. The first-order chi connectivity index (χ1) is 7.02. The molecule has 1 aliphatic heterocycles. The minimum Gasteiger partial charge on any atom is -0.314 e. The SMILES string of the molecule is CC1(NS(=O)(=O)N2CCNCC2)CCC1. The van der Waals surface area contributed by atoms with Crippen LogP contribution in [-0.4, -0.2) is 44.4 Å². The van der Waals surface area contributed by atoms with Gasteiger partial charge < -0.3 is 5.32 Å². The summed E-state index contributed by atoms with van der Waals surface area (Å²) in [4.78, 5) is 0. The van der Waals surface area contributed by atoms with Crippen molar-refractivity contribution in [2.45, 2.75) is 31.7 Å². The second-order valence-electron chi connectivity index (χ2n) is 4.67. The quantitative estimate of drug-likeness (QED) is 0.701. The van der Waals surface area contributed by atoms with Gasteiger partial charge in [-0.05, 0) is 26.2 Å². The molecule has 1 aliphatic carbocycles. The van der Waals surface area contributed by atoms with Gasteiger partial charge in [-0.25, -0.2) is 0 Å². The third-order valence-corrected chi connectivity index (χ3v) is 5.04. The van der Waals surface area contributed by atoms with Gasteiger partial charge in [0.15, 0.2) is 0 Å². The number of nitrogens with zero attached hydrogens (tertiary/aromatic N) is 1. The fourth-order valence-electron chi connectivity index (χ4n) is 2.07. The van der Waals surface area contributed by atoms with Crippen molar-refractivity contribution in [3.63, 3.8) is 0 Å². The Hall–Kier alpha value is -0.170. The van der Waals surface area contributed by atoms with Crippen LogP contribution < -0.4 is 10.0 Å². The van der Waals surface area contributed by atoms with Gasteiger partial charge in [-0.15, -0.1) is 0 Å². The molecule has 88 valence electrons. The molecule has 1 saturated heterocycles. The molecule has 6 heteroatoms. The summed E-state index contributed by atoms with van der Waals surface area (Å²) >= 11 is 0. The van der Waals surface area contributed by atoms with Crippen LogP contribution in [0, 0.1) is 0 Å². The fourth-order valence-corrected chi connectivity index (χ4v) is 3.69. The average Bonchev–Trinajstić information content (AvgIpc) is 2.16. The molecular weight excluding hydrogens is 214 g/mol. The topological polar surface area (TPSA) is 61.4 Å². The first-order valence-corrected chi connectivity index (χ1v) is 6.96. The maximum absolute atomic E-state index is 12.0. The van der Waals surface area contributed by atoms with E-state index in [1.807, 2.05) is 6.92 Å². The number of nitrogens with one attached hydrogen (secondary N) is 2. The Balaban J connectivity index is 1.99. The van der Waals surface area contributed by atoms with E-state index in [0.717, 1.165) is 32.4 Å². The summed E-state index contributed by atoms with van der Waals surface area (Å²) in [7, 11) is -3.26. The van der Waals surface area contributed by atoms with Crippen molar-refractivity contribution in [3.05, 3.63) is 0 Å². The van der Waals surface area contributed by atoms with Gasteiger partial charge in [0.05, 0.1) is 0 Å². The average molecular weight is 233 g/mol. The van der Waals surface area contributed by atoms with Crippen molar-refractivity contribution in [3.8, 4) is 0 Å². The summed E-state index contributed by atoms with van der Waals surface area (Å²) in [5, 5.41) is 3.14. The summed E-state index contributed by atoms with van der Waals surface area (Å²) in [6.45, 7) is 4.63. The highest BCUT2D eigenvalue weighted by molar-refractivity contribution is 7.87. The lowest BCUT2D eigenvalue weighted by atomic mass is 9.80. The molecular formula is C9H19N3O2S. The third kappa shape index (κ3) is 2.50. The monoisotopic (exact) mass is 233 g/mol. The second kappa shape index (κ2) is 4.01.